The Labute approximate surface area is 164 Å². The second-order valence-electron chi connectivity index (χ2n) is 7.37. The lowest BCUT2D eigenvalue weighted by Gasteiger charge is -2.16. The average molecular weight is 379 g/mol. The van der Waals surface area contributed by atoms with Crippen LogP contribution in [0.2, 0.25) is 0 Å². The number of ether oxygens (including phenoxy) is 1. The Balaban J connectivity index is 1.24. The van der Waals surface area contributed by atoms with Gasteiger partial charge in [0.15, 0.2) is 0 Å². The van der Waals surface area contributed by atoms with Crippen molar-refractivity contribution in [1.82, 2.24) is 14.9 Å². The number of imidazole rings is 1. The average Bonchev–Trinajstić information content (AvgIpc) is 3.34. The SMILES string of the molecule is O=C(COCc1nc2ccccc2[nH]1)N1CC[C@@H](Cc2cccc(CO)c2)C1. The first-order valence-corrected chi connectivity index (χ1v) is 9.69. The van der Waals surface area contributed by atoms with Gasteiger partial charge >= 0.3 is 0 Å². The van der Waals surface area contributed by atoms with E-state index in [1.807, 2.05) is 47.4 Å². The molecule has 2 aromatic carbocycles. The molecule has 1 fully saturated rings. The van der Waals surface area contributed by atoms with E-state index in [9.17, 15) is 9.90 Å². The highest BCUT2D eigenvalue weighted by molar-refractivity contribution is 5.77. The van der Waals surface area contributed by atoms with E-state index in [2.05, 4.69) is 16.0 Å². The zero-order valence-electron chi connectivity index (χ0n) is 15.8. The van der Waals surface area contributed by atoms with E-state index in [0.29, 0.717) is 12.5 Å². The van der Waals surface area contributed by atoms with Gasteiger partial charge in [-0.05, 0) is 42.0 Å². The van der Waals surface area contributed by atoms with Crippen LogP contribution in [0.25, 0.3) is 11.0 Å². The van der Waals surface area contributed by atoms with Crippen molar-refractivity contribution >= 4 is 16.9 Å². The number of amides is 1. The molecule has 2 heterocycles. The number of aromatic amines is 1. The number of nitrogens with one attached hydrogen (secondary N) is 1. The van der Waals surface area contributed by atoms with Crippen molar-refractivity contribution in [3.8, 4) is 0 Å². The van der Waals surface area contributed by atoms with Crippen LogP contribution in [0.1, 0.15) is 23.4 Å². The molecule has 28 heavy (non-hydrogen) atoms. The number of likely N-dealkylation sites (tertiary alicyclic amines) is 1. The van der Waals surface area contributed by atoms with Gasteiger partial charge in [0.05, 0.1) is 17.6 Å². The number of benzene rings is 2. The van der Waals surface area contributed by atoms with Gasteiger partial charge < -0.3 is 19.7 Å². The summed E-state index contributed by atoms with van der Waals surface area (Å²) in [6.07, 6.45) is 1.93. The maximum absolute atomic E-state index is 12.4. The van der Waals surface area contributed by atoms with Gasteiger partial charge in [0.1, 0.15) is 19.0 Å². The highest BCUT2D eigenvalue weighted by atomic mass is 16.5. The third-order valence-electron chi connectivity index (χ3n) is 5.24. The van der Waals surface area contributed by atoms with Gasteiger partial charge in [-0.3, -0.25) is 4.79 Å². The topological polar surface area (TPSA) is 78.5 Å². The van der Waals surface area contributed by atoms with Gasteiger partial charge in [0, 0.05) is 13.1 Å². The van der Waals surface area contributed by atoms with Crippen molar-refractivity contribution in [3.63, 3.8) is 0 Å². The third-order valence-corrected chi connectivity index (χ3v) is 5.24. The van der Waals surface area contributed by atoms with E-state index in [1.165, 1.54) is 5.56 Å². The minimum Gasteiger partial charge on any atom is -0.392 e. The smallest absolute Gasteiger partial charge is 0.248 e. The Hall–Kier alpha value is -2.70. The normalized spacial score (nSPS) is 16.8. The highest BCUT2D eigenvalue weighted by Crippen LogP contribution is 2.21. The summed E-state index contributed by atoms with van der Waals surface area (Å²) in [5, 5.41) is 9.27. The molecule has 1 amide bonds. The number of aromatic nitrogens is 2. The van der Waals surface area contributed by atoms with Gasteiger partial charge in [-0.15, -0.1) is 0 Å². The molecular formula is C22H25N3O3. The van der Waals surface area contributed by atoms with Crippen LogP contribution in [-0.4, -0.2) is 45.6 Å². The maximum Gasteiger partial charge on any atom is 0.248 e. The van der Waals surface area contributed by atoms with Crippen molar-refractivity contribution in [2.45, 2.75) is 26.1 Å². The van der Waals surface area contributed by atoms with E-state index >= 15 is 0 Å². The fraction of sp³-hybridized carbons (Fsp3) is 0.364. The number of rotatable bonds is 7. The number of carbonyl (C=O) groups excluding carboxylic acids is 1. The maximum atomic E-state index is 12.4. The van der Waals surface area contributed by atoms with Crippen LogP contribution in [0.15, 0.2) is 48.5 Å². The third kappa shape index (κ3) is 4.40. The van der Waals surface area contributed by atoms with Crippen molar-refractivity contribution in [3.05, 3.63) is 65.5 Å². The van der Waals surface area contributed by atoms with Crippen LogP contribution in [0.5, 0.6) is 0 Å². The van der Waals surface area contributed by atoms with Crippen LogP contribution >= 0.6 is 0 Å². The summed E-state index contributed by atoms with van der Waals surface area (Å²) in [6.45, 7) is 1.97. The van der Waals surface area contributed by atoms with Crippen LogP contribution < -0.4 is 0 Å². The molecule has 0 saturated carbocycles. The number of carbonyl (C=O) groups is 1. The van der Waals surface area contributed by atoms with Crippen molar-refractivity contribution in [2.75, 3.05) is 19.7 Å². The number of nitrogens with zero attached hydrogens (tertiary/aromatic N) is 2. The molecule has 3 aromatic rings. The largest absolute Gasteiger partial charge is 0.392 e. The standard InChI is InChI=1S/C22H25N3O3/c26-13-18-5-3-4-16(11-18)10-17-8-9-25(12-17)22(27)15-28-14-21-23-19-6-1-2-7-20(19)24-21/h1-7,11,17,26H,8-10,12-15H2,(H,23,24)/t17-/m0/s1. The van der Waals surface area contributed by atoms with E-state index in [1.54, 1.807) is 0 Å². The van der Waals surface area contributed by atoms with E-state index < -0.39 is 0 Å². The lowest BCUT2D eigenvalue weighted by Crippen LogP contribution is -2.32. The number of para-hydroxylation sites is 2. The molecule has 6 heteroatoms. The van der Waals surface area contributed by atoms with Gasteiger partial charge in [-0.2, -0.15) is 0 Å². The quantitative estimate of drug-likeness (QED) is 0.662. The molecule has 2 N–H and O–H groups in total. The summed E-state index contributed by atoms with van der Waals surface area (Å²) in [7, 11) is 0. The second kappa shape index (κ2) is 8.54. The number of aliphatic hydroxyl groups is 1. The zero-order chi connectivity index (χ0) is 19.3. The fourth-order valence-electron chi connectivity index (χ4n) is 3.81. The van der Waals surface area contributed by atoms with Crippen LogP contribution in [0.3, 0.4) is 0 Å². The molecule has 0 aliphatic carbocycles. The molecule has 6 nitrogen and oxygen atoms in total. The molecule has 1 aliphatic rings. The summed E-state index contributed by atoms with van der Waals surface area (Å²) in [6, 6.07) is 15.8. The lowest BCUT2D eigenvalue weighted by molar-refractivity contribution is -0.135. The van der Waals surface area contributed by atoms with Crippen molar-refractivity contribution < 1.29 is 14.6 Å². The molecule has 1 aromatic heterocycles. The van der Waals surface area contributed by atoms with E-state index in [-0.39, 0.29) is 19.1 Å². The molecule has 0 unspecified atom stereocenters. The molecule has 4 rings (SSSR count). The number of hydrogen-bond donors (Lipinski definition) is 2. The number of H-pyrrole nitrogens is 1. The Kier molecular flexibility index (Phi) is 5.69. The monoisotopic (exact) mass is 379 g/mol. The minimum absolute atomic E-state index is 0.0303. The molecule has 1 saturated heterocycles. The molecule has 0 bridgehead atoms. The Morgan fingerprint density at radius 2 is 2.07 bits per heavy atom. The number of hydrogen-bond acceptors (Lipinski definition) is 4. The molecule has 0 spiro atoms. The number of fused-ring (bicyclic) bond motifs is 1. The fourth-order valence-corrected chi connectivity index (χ4v) is 3.81. The summed E-state index contributed by atoms with van der Waals surface area (Å²) < 4.78 is 5.59. The summed E-state index contributed by atoms with van der Waals surface area (Å²) >= 11 is 0. The second-order valence-corrected chi connectivity index (χ2v) is 7.37. The minimum atomic E-state index is 0.0303. The Bertz CT molecular complexity index is 920. The van der Waals surface area contributed by atoms with E-state index in [4.69, 9.17) is 4.74 Å². The molecule has 146 valence electrons. The van der Waals surface area contributed by atoms with Gasteiger partial charge in [0.2, 0.25) is 5.91 Å². The molecular weight excluding hydrogens is 354 g/mol. The first-order chi connectivity index (χ1) is 13.7. The van der Waals surface area contributed by atoms with Gasteiger partial charge in [-0.25, -0.2) is 4.98 Å². The molecule has 0 radical (unpaired) electrons. The molecule has 1 atom stereocenters. The highest BCUT2D eigenvalue weighted by Gasteiger charge is 2.26. The Morgan fingerprint density at radius 1 is 1.21 bits per heavy atom. The molecule has 1 aliphatic heterocycles. The zero-order valence-corrected chi connectivity index (χ0v) is 15.8. The first kappa shape index (κ1) is 18.7. The van der Waals surface area contributed by atoms with Gasteiger partial charge in [-0.1, -0.05) is 36.4 Å². The van der Waals surface area contributed by atoms with Crippen molar-refractivity contribution in [1.29, 1.82) is 0 Å². The van der Waals surface area contributed by atoms with Crippen molar-refractivity contribution in [2.24, 2.45) is 5.92 Å². The first-order valence-electron chi connectivity index (χ1n) is 9.69. The van der Waals surface area contributed by atoms with Crippen LogP contribution in [0.4, 0.5) is 0 Å². The summed E-state index contributed by atoms with van der Waals surface area (Å²) in [5.74, 6) is 1.22. The lowest BCUT2D eigenvalue weighted by atomic mass is 9.97. The van der Waals surface area contributed by atoms with Crippen LogP contribution in [-0.2, 0) is 29.2 Å². The predicted molar refractivity (Wildman–Crippen MR) is 107 cm³/mol. The number of aliphatic hydroxyl groups excluding tert-OH is 1. The Morgan fingerprint density at radius 3 is 2.93 bits per heavy atom. The summed E-state index contributed by atoms with van der Waals surface area (Å²) in [4.78, 5) is 22.0. The van der Waals surface area contributed by atoms with Gasteiger partial charge in [0.25, 0.3) is 0 Å². The summed E-state index contributed by atoms with van der Waals surface area (Å²) in [5.41, 5.74) is 4.02. The predicted octanol–water partition coefficient (Wildman–Crippen LogP) is 2.66. The van der Waals surface area contributed by atoms with Crippen LogP contribution in [0, 0.1) is 5.92 Å². The van der Waals surface area contributed by atoms with E-state index in [0.717, 1.165) is 48.4 Å².